The Labute approximate surface area is 110 Å². The Morgan fingerprint density at radius 3 is 2.89 bits per heavy atom. The van der Waals surface area contributed by atoms with Gasteiger partial charge in [-0.2, -0.15) is 0 Å². The number of ether oxygens (including phenoxy) is 2. The summed E-state index contributed by atoms with van der Waals surface area (Å²) in [5.74, 6) is 0.965. The predicted molar refractivity (Wildman–Crippen MR) is 73.0 cm³/mol. The first kappa shape index (κ1) is 13.4. The lowest BCUT2D eigenvalue weighted by molar-refractivity contribution is 0.111. The summed E-state index contributed by atoms with van der Waals surface area (Å²) in [4.78, 5) is 2.53. The average molecular weight is 249 g/mol. The van der Waals surface area contributed by atoms with Crippen LogP contribution >= 0.6 is 0 Å². The van der Waals surface area contributed by atoms with Gasteiger partial charge in [-0.25, -0.2) is 0 Å². The van der Waals surface area contributed by atoms with E-state index >= 15 is 0 Å². The molecular formula is C15H23NO2. The summed E-state index contributed by atoms with van der Waals surface area (Å²) in [5, 5.41) is 0. The lowest BCUT2D eigenvalue weighted by Gasteiger charge is -2.23. The van der Waals surface area contributed by atoms with Crippen molar-refractivity contribution in [2.24, 2.45) is 0 Å². The van der Waals surface area contributed by atoms with E-state index in [9.17, 15) is 0 Å². The van der Waals surface area contributed by atoms with Crippen molar-refractivity contribution in [1.29, 1.82) is 0 Å². The number of methoxy groups -OCH3 is 1. The molecule has 1 heterocycles. The molecule has 1 saturated heterocycles. The molecule has 0 bridgehead atoms. The van der Waals surface area contributed by atoms with Gasteiger partial charge in [-0.05, 0) is 37.9 Å². The fraction of sp³-hybridized carbons (Fsp3) is 0.600. The Morgan fingerprint density at radius 2 is 2.11 bits per heavy atom. The van der Waals surface area contributed by atoms with Crippen LogP contribution in [-0.4, -0.2) is 44.4 Å². The van der Waals surface area contributed by atoms with Gasteiger partial charge in [0.15, 0.2) is 0 Å². The quantitative estimate of drug-likeness (QED) is 0.693. The molecule has 1 aliphatic heterocycles. The van der Waals surface area contributed by atoms with Gasteiger partial charge in [0, 0.05) is 19.7 Å². The highest BCUT2D eigenvalue weighted by molar-refractivity contribution is 5.20. The molecule has 0 aliphatic carbocycles. The van der Waals surface area contributed by atoms with Crippen LogP contribution in [0.2, 0.25) is 0 Å². The van der Waals surface area contributed by atoms with Crippen LogP contribution < -0.4 is 4.74 Å². The van der Waals surface area contributed by atoms with Crippen molar-refractivity contribution >= 4 is 0 Å². The molecule has 1 aromatic rings. The second-order valence-corrected chi connectivity index (χ2v) is 4.80. The van der Waals surface area contributed by atoms with E-state index in [0.717, 1.165) is 31.9 Å². The van der Waals surface area contributed by atoms with Gasteiger partial charge in [0.25, 0.3) is 0 Å². The van der Waals surface area contributed by atoms with E-state index in [1.165, 1.54) is 19.4 Å². The molecule has 3 heteroatoms. The largest absolute Gasteiger partial charge is 0.494 e. The van der Waals surface area contributed by atoms with E-state index in [4.69, 9.17) is 9.47 Å². The first-order valence-corrected chi connectivity index (χ1v) is 6.81. The van der Waals surface area contributed by atoms with Crippen molar-refractivity contribution in [1.82, 2.24) is 4.90 Å². The molecule has 1 atom stereocenters. The molecule has 2 rings (SSSR count). The van der Waals surface area contributed by atoms with Crippen LogP contribution in [0.25, 0.3) is 0 Å². The Kier molecular flexibility index (Phi) is 5.49. The van der Waals surface area contributed by atoms with E-state index in [-0.39, 0.29) is 0 Å². The second kappa shape index (κ2) is 7.39. The van der Waals surface area contributed by atoms with Crippen molar-refractivity contribution in [3.8, 4) is 5.75 Å². The Bertz CT molecular complexity index is 329. The summed E-state index contributed by atoms with van der Waals surface area (Å²) in [6, 6.07) is 10.6. The molecule has 1 aliphatic rings. The van der Waals surface area contributed by atoms with Gasteiger partial charge < -0.3 is 9.47 Å². The summed E-state index contributed by atoms with van der Waals surface area (Å²) in [6.45, 7) is 3.97. The van der Waals surface area contributed by atoms with Gasteiger partial charge in [-0.1, -0.05) is 18.2 Å². The van der Waals surface area contributed by atoms with Crippen molar-refractivity contribution in [3.63, 3.8) is 0 Å². The summed E-state index contributed by atoms with van der Waals surface area (Å²) in [5.41, 5.74) is 0. The van der Waals surface area contributed by atoms with Gasteiger partial charge in [-0.15, -0.1) is 0 Å². The van der Waals surface area contributed by atoms with E-state index in [0.29, 0.717) is 6.04 Å². The molecule has 0 radical (unpaired) electrons. The van der Waals surface area contributed by atoms with Crippen LogP contribution in [0.3, 0.4) is 0 Å². The first-order chi connectivity index (χ1) is 8.90. The van der Waals surface area contributed by atoms with E-state index < -0.39 is 0 Å². The highest BCUT2D eigenvalue weighted by atomic mass is 16.5. The van der Waals surface area contributed by atoms with Crippen molar-refractivity contribution < 1.29 is 9.47 Å². The number of hydrogen-bond acceptors (Lipinski definition) is 3. The third-order valence-corrected chi connectivity index (χ3v) is 3.46. The lowest BCUT2D eigenvalue weighted by Crippen LogP contribution is -2.34. The molecule has 0 N–H and O–H groups in total. The Balaban J connectivity index is 1.63. The van der Waals surface area contributed by atoms with Gasteiger partial charge >= 0.3 is 0 Å². The van der Waals surface area contributed by atoms with Crippen LogP contribution in [0.4, 0.5) is 0 Å². The van der Waals surface area contributed by atoms with Crippen molar-refractivity contribution in [2.75, 3.05) is 33.4 Å². The molecule has 100 valence electrons. The minimum atomic E-state index is 0.617. The zero-order valence-electron chi connectivity index (χ0n) is 11.2. The molecule has 1 fully saturated rings. The topological polar surface area (TPSA) is 21.7 Å². The monoisotopic (exact) mass is 249 g/mol. The molecule has 0 saturated carbocycles. The second-order valence-electron chi connectivity index (χ2n) is 4.80. The fourth-order valence-corrected chi connectivity index (χ4v) is 2.55. The van der Waals surface area contributed by atoms with E-state index in [1.807, 2.05) is 30.3 Å². The van der Waals surface area contributed by atoms with E-state index in [1.54, 1.807) is 7.11 Å². The Morgan fingerprint density at radius 1 is 1.28 bits per heavy atom. The fourth-order valence-electron chi connectivity index (χ4n) is 2.55. The first-order valence-electron chi connectivity index (χ1n) is 6.81. The average Bonchev–Trinajstić information content (AvgIpc) is 2.84. The maximum absolute atomic E-state index is 5.70. The predicted octanol–water partition coefficient (Wildman–Crippen LogP) is 2.57. The standard InChI is InChI=1S/C15H23NO2/c1-17-13-14-7-5-10-16(14)11-6-12-18-15-8-3-2-4-9-15/h2-4,8-9,14H,5-7,10-13H2,1H3/t14-/m1/s1. The molecule has 3 nitrogen and oxygen atoms in total. The van der Waals surface area contributed by atoms with E-state index in [2.05, 4.69) is 4.90 Å². The van der Waals surface area contributed by atoms with Crippen LogP contribution in [0.15, 0.2) is 30.3 Å². The summed E-state index contributed by atoms with van der Waals surface area (Å²) in [6.07, 6.45) is 3.65. The lowest BCUT2D eigenvalue weighted by atomic mass is 10.2. The number of nitrogens with zero attached hydrogens (tertiary/aromatic N) is 1. The highest BCUT2D eigenvalue weighted by Crippen LogP contribution is 2.17. The minimum absolute atomic E-state index is 0.617. The summed E-state index contributed by atoms with van der Waals surface area (Å²) in [7, 11) is 1.79. The maximum Gasteiger partial charge on any atom is 0.119 e. The number of benzene rings is 1. The maximum atomic E-state index is 5.70. The van der Waals surface area contributed by atoms with Crippen molar-refractivity contribution in [3.05, 3.63) is 30.3 Å². The molecule has 1 aromatic carbocycles. The van der Waals surface area contributed by atoms with Gasteiger partial charge in [-0.3, -0.25) is 4.90 Å². The number of para-hydroxylation sites is 1. The van der Waals surface area contributed by atoms with Crippen LogP contribution in [0, 0.1) is 0 Å². The SMILES string of the molecule is COC[C@H]1CCCN1CCCOc1ccccc1. The minimum Gasteiger partial charge on any atom is -0.494 e. The van der Waals surface area contributed by atoms with Crippen LogP contribution in [0.5, 0.6) is 5.75 Å². The van der Waals surface area contributed by atoms with Gasteiger partial charge in [0.2, 0.25) is 0 Å². The van der Waals surface area contributed by atoms with Crippen molar-refractivity contribution in [2.45, 2.75) is 25.3 Å². The molecule has 0 aromatic heterocycles. The summed E-state index contributed by atoms with van der Waals surface area (Å²) >= 11 is 0. The van der Waals surface area contributed by atoms with Crippen LogP contribution in [-0.2, 0) is 4.74 Å². The van der Waals surface area contributed by atoms with Gasteiger partial charge in [0.1, 0.15) is 5.75 Å². The third-order valence-electron chi connectivity index (χ3n) is 3.46. The molecule has 0 spiro atoms. The zero-order chi connectivity index (χ0) is 12.6. The van der Waals surface area contributed by atoms with Crippen LogP contribution in [0.1, 0.15) is 19.3 Å². The summed E-state index contributed by atoms with van der Waals surface area (Å²) < 4.78 is 11.0. The molecule has 18 heavy (non-hydrogen) atoms. The molecule has 0 unspecified atom stereocenters. The number of hydrogen-bond donors (Lipinski definition) is 0. The Hall–Kier alpha value is -1.06. The highest BCUT2D eigenvalue weighted by Gasteiger charge is 2.23. The molecular weight excluding hydrogens is 226 g/mol. The smallest absolute Gasteiger partial charge is 0.119 e. The normalized spacial score (nSPS) is 20.2. The number of likely N-dealkylation sites (tertiary alicyclic amines) is 1. The molecule has 0 amide bonds. The van der Waals surface area contributed by atoms with Gasteiger partial charge in [0.05, 0.1) is 13.2 Å². The zero-order valence-corrected chi connectivity index (χ0v) is 11.2. The third kappa shape index (κ3) is 4.00. The number of rotatable bonds is 7.